The molecule has 2 aromatic rings. The Kier molecular flexibility index (Phi) is 6.37. The van der Waals surface area contributed by atoms with E-state index in [9.17, 15) is 9.59 Å². The third-order valence-electron chi connectivity index (χ3n) is 4.46. The topological polar surface area (TPSA) is 72.2 Å². The fourth-order valence-electron chi connectivity index (χ4n) is 3.15. The van der Waals surface area contributed by atoms with Crippen LogP contribution in [0.3, 0.4) is 0 Å². The number of benzene rings is 1. The molecule has 0 saturated carbocycles. The molecule has 0 saturated heterocycles. The van der Waals surface area contributed by atoms with Gasteiger partial charge in [0.2, 0.25) is 5.91 Å². The first-order valence-corrected chi connectivity index (χ1v) is 9.48. The Morgan fingerprint density at radius 3 is 2.60 bits per heavy atom. The molecule has 0 fully saturated rings. The van der Waals surface area contributed by atoms with Gasteiger partial charge in [0.15, 0.2) is 0 Å². The minimum Gasteiger partial charge on any atom is -0.365 e. The van der Waals surface area contributed by atoms with Gasteiger partial charge < -0.3 is 11.1 Å². The van der Waals surface area contributed by atoms with E-state index in [1.807, 2.05) is 5.38 Å². The van der Waals surface area contributed by atoms with Crippen molar-refractivity contribution < 1.29 is 9.59 Å². The summed E-state index contributed by atoms with van der Waals surface area (Å²) in [5.74, 6) is -0.297. The van der Waals surface area contributed by atoms with E-state index in [1.54, 1.807) is 0 Å². The first-order chi connectivity index (χ1) is 11.8. The normalized spacial score (nSPS) is 12.0. The summed E-state index contributed by atoms with van der Waals surface area (Å²) in [4.78, 5) is 23.1. The van der Waals surface area contributed by atoms with E-state index < -0.39 is 5.91 Å². The van der Waals surface area contributed by atoms with Crippen molar-refractivity contribution in [3.05, 3.63) is 51.4 Å². The molecule has 2 amide bonds. The second-order valence-corrected chi connectivity index (χ2v) is 7.39. The molecule has 3 N–H and O–H groups in total. The van der Waals surface area contributed by atoms with E-state index in [-0.39, 0.29) is 5.91 Å². The maximum Gasteiger partial charge on any atom is 0.251 e. The molecular formula is C20H26N2O2S. The van der Waals surface area contributed by atoms with Gasteiger partial charge >= 0.3 is 0 Å². The summed E-state index contributed by atoms with van der Waals surface area (Å²) in [5, 5.41) is 5.17. The largest absolute Gasteiger partial charge is 0.365 e. The maximum absolute atomic E-state index is 11.8. The van der Waals surface area contributed by atoms with Crippen LogP contribution < -0.4 is 11.1 Å². The fourth-order valence-corrected chi connectivity index (χ4v) is 4.20. The van der Waals surface area contributed by atoms with Crippen molar-refractivity contribution in [1.82, 2.24) is 0 Å². The van der Waals surface area contributed by atoms with Crippen LogP contribution >= 0.6 is 11.3 Å². The number of rotatable bonds is 7. The van der Waals surface area contributed by atoms with Crippen LogP contribution in [0.4, 0.5) is 5.00 Å². The minimum atomic E-state index is -0.489. The van der Waals surface area contributed by atoms with Crippen molar-refractivity contribution in [2.24, 2.45) is 5.73 Å². The van der Waals surface area contributed by atoms with Crippen molar-refractivity contribution in [1.29, 1.82) is 0 Å². The summed E-state index contributed by atoms with van der Waals surface area (Å²) < 4.78 is 0. The molecule has 25 heavy (non-hydrogen) atoms. The third-order valence-corrected chi connectivity index (χ3v) is 5.40. The van der Waals surface area contributed by atoms with Crippen molar-refractivity contribution >= 4 is 28.2 Å². The molecule has 2 rings (SSSR count). The number of carbonyl (C=O) groups excluding carboxylic acids is 2. The van der Waals surface area contributed by atoms with Crippen LogP contribution in [0.1, 0.15) is 65.7 Å². The summed E-state index contributed by atoms with van der Waals surface area (Å²) in [7, 11) is 0. The molecule has 4 nitrogen and oxygen atoms in total. The predicted octanol–water partition coefficient (Wildman–Crippen LogP) is 4.41. The van der Waals surface area contributed by atoms with Crippen LogP contribution in [-0.4, -0.2) is 11.8 Å². The number of nitrogens with one attached hydrogen (secondary N) is 1. The number of carbonyl (C=O) groups is 2. The standard InChI is InChI=1S/C20H26N2O2S/c1-5-15-10-12(2)6-9-17(15)13(3)7-8-16-11-25-20(22-14(4)23)18(16)19(21)24/h6,9-11,13H,5,7-8H2,1-4H3,(H2,21,24)(H,22,23). The van der Waals surface area contributed by atoms with Crippen molar-refractivity contribution in [3.8, 4) is 0 Å². The molecule has 1 aromatic carbocycles. The SMILES string of the molecule is CCc1cc(C)ccc1C(C)CCc1csc(NC(C)=O)c1C(N)=O. The number of primary amides is 1. The Morgan fingerprint density at radius 2 is 2.00 bits per heavy atom. The molecular weight excluding hydrogens is 332 g/mol. The number of thiophene rings is 1. The van der Waals surface area contributed by atoms with Crippen LogP contribution in [0, 0.1) is 6.92 Å². The average molecular weight is 359 g/mol. The van der Waals surface area contributed by atoms with Gasteiger partial charge in [-0.3, -0.25) is 9.59 Å². The summed E-state index contributed by atoms with van der Waals surface area (Å²) in [5.41, 5.74) is 10.9. The molecule has 1 unspecified atom stereocenters. The second kappa shape index (κ2) is 8.30. The van der Waals surface area contributed by atoms with E-state index >= 15 is 0 Å². The van der Waals surface area contributed by atoms with Crippen LogP contribution in [-0.2, 0) is 17.6 Å². The molecule has 1 aromatic heterocycles. The van der Waals surface area contributed by atoms with Gasteiger partial charge in [0.05, 0.1) is 5.56 Å². The van der Waals surface area contributed by atoms with Gasteiger partial charge in [-0.15, -0.1) is 11.3 Å². The van der Waals surface area contributed by atoms with Gasteiger partial charge in [-0.05, 0) is 54.2 Å². The lowest BCUT2D eigenvalue weighted by Crippen LogP contribution is -2.16. The zero-order valence-electron chi connectivity index (χ0n) is 15.3. The van der Waals surface area contributed by atoms with Gasteiger partial charge in [0, 0.05) is 6.92 Å². The highest BCUT2D eigenvalue weighted by Crippen LogP contribution is 2.32. The van der Waals surface area contributed by atoms with Crippen molar-refractivity contribution in [3.63, 3.8) is 0 Å². The second-order valence-electron chi connectivity index (χ2n) is 6.51. The lowest BCUT2D eigenvalue weighted by Gasteiger charge is -2.17. The minimum absolute atomic E-state index is 0.198. The zero-order valence-corrected chi connectivity index (χ0v) is 16.1. The molecule has 134 valence electrons. The molecule has 0 aliphatic rings. The number of nitrogens with two attached hydrogens (primary N) is 1. The molecule has 0 radical (unpaired) electrons. The predicted molar refractivity (Wildman–Crippen MR) is 104 cm³/mol. The third kappa shape index (κ3) is 4.69. The van der Waals surface area contributed by atoms with E-state index in [0.717, 1.165) is 24.8 Å². The van der Waals surface area contributed by atoms with Crippen LogP contribution in [0.15, 0.2) is 23.6 Å². The average Bonchev–Trinajstić information content (AvgIpc) is 2.94. The highest BCUT2D eigenvalue weighted by Gasteiger charge is 2.19. The van der Waals surface area contributed by atoms with Gasteiger partial charge in [0.1, 0.15) is 5.00 Å². The van der Waals surface area contributed by atoms with Gasteiger partial charge in [-0.25, -0.2) is 0 Å². The number of aryl methyl sites for hydroxylation is 3. The first kappa shape index (κ1) is 19.2. The Balaban J connectivity index is 2.17. The summed E-state index contributed by atoms with van der Waals surface area (Å²) in [6.45, 7) is 7.93. The summed E-state index contributed by atoms with van der Waals surface area (Å²) in [6, 6.07) is 6.61. The smallest absolute Gasteiger partial charge is 0.251 e. The van der Waals surface area contributed by atoms with E-state index in [4.69, 9.17) is 5.73 Å². The quantitative estimate of drug-likeness (QED) is 0.769. The molecule has 0 bridgehead atoms. The van der Waals surface area contributed by atoms with Crippen molar-refractivity contribution in [2.75, 3.05) is 5.32 Å². The Labute approximate surface area is 153 Å². The van der Waals surface area contributed by atoms with Crippen molar-refractivity contribution in [2.45, 2.75) is 52.9 Å². The number of hydrogen-bond donors (Lipinski definition) is 2. The molecule has 0 spiro atoms. The van der Waals surface area contributed by atoms with Crippen LogP contribution in [0.5, 0.6) is 0 Å². The number of hydrogen-bond acceptors (Lipinski definition) is 3. The van der Waals surface area contributed by atoms with E-state index in [0.29, 0.717) is 16.5 Å². The van der Waals surface area contributed by atoms with Crippen LogP contribution in [0.2, 0.25) is 0 Å². The number of amides is 2. The van der Waals surface area contributed by atoms with Gasteiger partial charge in [-0.1, -0.05) is 37.6 Å². The van der Waals surface area contributed by atoms with E-state index in [1.165, 1.54) is 35.0 Å². The lowest BCUT2D eigenvalue weighted by atomic mass is 9.88. The molecule has 0 aliphatic carbocycles. The lowest BCUT2D eigenvalue weighted by molar-refractivity contribution is -0.114. The highest BCUT2D eigenvalue weighted by atomic mass is 32.1. The van der Waals surface area contributed by atoms with E-state index in [2.05, 4.69) is 44.3 Å². The highest BCUT2D eigenvalue weighted by molar-refractivity contribution is 7.15. The summed E-state index contributed by atoms with van der Waals surface area (Å²) >= 11 is 1.36. The Morgan fingerprint density at radius 1 is 1.28 bits per heavy atom. The van der Waals surface area contributed by atoms with Gasteiger partial charge in [0.25, 0.3) is 5.91 Å². The summed E-state index contributed by atoms with van der Waals surface area (Å²) in [6.07, 6.45) is 2.69. The molecule has 1 atom stereocenters. The Bertz CT molecular complexity index is 780. The monoisotopic (exact) mass is 358 g/mol. The zero-order chi connectivity index (χ0) is 18.6. The van der Waals surface area contributed by atoms with Gasteiger partial charge in [-0.2, -0.15) is 0 Å². The maximum atomic E-state index is 11.8. The fraction of sp³-hybridized carbons (Fsp3) is 0.400. The first-order valence-electron chi connectivity index (χ1n) is 8.60. The molecule has 1 heterocycles. The number of anilines is 1. The van der Waals surface area contributed by atoms with Crippen LogP contribution in [0.25, 0.3) is 0 Å². The Hall–Kier alpha value is -2.14. The molecule has 0 aliphatic heterocycles. The molecule has 5 heteroatoms.